The van der Waals surface area contributed by atoms with Crippen LogP contribution in [0.3, 0.4) is 0 Å². The SMILES string of the molecule is [B]c1ccc(/C=C2/c3ccccc3N(c3ccc(C=C(c4ccccc4)c4ccccc4)cc3)C3C=CC=CC23)cc1. The van der Waals surface area contributed by atoms with Crippen LogP contribution in [0.1, 0.15) is 27.8 Å². The predicted octanol–water partition coefficient (Wildman–Crippen LogP) is 8.87. The summed E-state index contributed by atoms with van der Waals surface area (Å²) in [5.41, 5.74) is 11.7. The molecule has 0 N–H and O–H groups in total. The second kappa shape index (κ2) is 11.4. The minimum Gasteiger partial charge on any atom is -0.333 e. The van der Waals surface area contributed by atoms with E-state index in [9.17, 15) is 0 Å². The van der Waals surface area contributed by atoms with Crippen LogP contribution in [0.2, 0.25) is 0 Å². The quantitative estimate of drug-likeness (QED) is 0.161. The summed E-state index contributed by atoms with van der Waals surface area (Å²) in [6.07, 6.45) is 13.6. The van der Waals surface area contributed by atoms with Gasteiger partial charge in [0.15, 0.2) is 0 Å². The molecule has 0 spiro atoms. The Kier molecular flexibility index (Phi) is 7.04. The number of allylic oxidation sites excluding steroid dienone is 2. The van der Waals surface area contributed by atoms with E-state index >= 15 is 0 Å². The Morgan fingerprint density at radius 1 is 0.595 bits per heavy atom. The van der Waals surface area contributed by atoms with Gasteiger partial charge in [0.25, 0.3) is 0 Å². The van der Waals surface area contributed by atoms with Crippen molar-refractivity contribution in [3.63, 3.8) is 0 Å². The summed E-state index contributed by atoms with van der Waals surface area (Å²) in [7, 11) is 5.97. The van der Waals surface area contributed by atoms with Crippen molar-refractivity contribution in [2.24, 2.45) is 5.92 Å². The van der Waals surface area contributed by atoms with Crippen molar-refractivity contribution in [3.05, 3.63) is 186 Å². The summed E-state index contributed by atoms with van der Waals surface area (Å²) in [6.45, 7) is 0. The molecule has 0 saturated heterocycles. The number of rotatable bonds is 5. The zero-order valence-corrected chi connectivity index (χ0v) is 23.3. The Morgan fingerprint density at radius 3 is 1.88 bits per heavy atom. The molecular weight excluding hydrogens is 505 g/mol. The van der Waals surface area contributed by atoms with Crippen LogP contribution in [0.25, 0.3) is 23.3 Å². The first-order chi connectivity index (χ1) is 20.7. The fourth-order valence-corrected chi connectivity index (χ4v) is 6.12. The Balaban J connectivity index is 1.29. The molecule has 0 saturated carbocycles. The van der Waals surface area contributed by atoms with Gasteiger partial charge in [-0.05, 0) is 57.7 Å². The molecule has 0 fully saturated rings. The minimum atomic E-state index is 0.176. The Labute approximate surface area is 249 Å². The fourth-order valence-electron chi connectivity index (χ4n) is 6.12. The number of fused-ring (bicyclic) bond motifs is 2. The molecule has 198 valence electrons. The minimum absolute atomic E-state index is 0.176. The number of hydrogen-bond donors (Lipinski definition) is 0. The molecule has 5 aromatic rings. The number of anilines is 2. The highest BCUT2D eigenvalue weighted by atomic mass is 15.2. The molecule has 1 nitrogen and oxygen atoms in total. The number of para-hydroxylation sites is 1. The maximum atomic E-state index is 5.97. The largest absolute Gasteiger partial charge is 0.333 e. The lowest BCUT2D eigenvalue weighted by Gasteiger charge is -2.44. The third-order valence-corrected chi connectivity index (χ3v) is 8.15. The van der Waals surface area contributed by atoms with E-state index in [0.29, 0.717) is 0 Å². The van der Waals surface area contributed by atoms with Crippen LogP contribution in [-0.2, 0) is 0 Å². The lowest BCUT2D eigenvalue weighted by molar-refractivity contribution is 0.663. The monoisotopic (exact) mass is 535 g/mol. The fraction of sp³-hybridized carbons (Fsp3) is 0.0500. The first kappa shape index (κ1) is 25.9. The van der Waals surface area contributed by atoms with Gasteiger partial charge in [-0.3, -0.25) is 0 Å². The van der Waals surface area contributed by atoms with E-state index in [2.05, 4.69) is 163 Å². The normalized spacial score (nSPS) is 17.9. The van der Waals surface area contributed by atoms with E-state index in [1.807, 2.05) is 12.1 Å². The van der Waals surface area contributed by atoms with Crippen molar-refractivity contribution in [1.82, 2.24) is 0 Å². The zero-order chi connectivity index (χ0) is 28.3. The number of nitrogens with zero attached hydrogens (tertiary/aromatic N) is 1. The lowest BCUT2D eigenvalue weighted by atomic mass is 9.77. The van der Waals surface area contributed by atoms with Crippen molar-refractivity contribution < 1.29 is 0 Å². The molecule has 2 atom stereocenters. The summed E-state index contributed by atoms with van der Waals surface area (Å²) in [6, 6.07) is 47.3. The molecule has 7 rings (SSSR count). The molecule has 2 unspecified atom stereocenters. The Hall–Kier alpha value is -5.08. The molecule has 2 radical (unpaired) electrons. The topological polar surface area (TPSA) is 3.24 Å². The van der Waals surface area contributed by atoms with E-state index in [0.717, 1.165) is 11.0 Å². The highest BCUT2D eigenvalue weighted by molar-refractivity contribution is 6.32. The van der Waals surface area contributed by atoms with Crippen LogP contribution in [0.4, 0.5) is 11.4 Å². The summed E-state index contributed by atoms with van der Waals surface area (Å²) in [5.74, 6) is 0.227. The van der Waals surface area contributed by atoms with Gasteiger partial charge < -0.3 is 4.90 Å². The molecule has 1 heterocycles. The highest BCUT2D eigenvalue weighted by Gasteiger charge is 2.36. The van der Waals surface area contributed by atoms with Gasteiger partial charge >= 0.3 is 0 Å². The van der Waals surface area contributed by atoms with E-state index in [-0.39, 0.29) is 12.0 Å². The zero-order valence-electron chi connectivity index (χ0n) is 23.3. The van der Waals surface area contributed by atoms with Gasteiger partial charge in [0, 0.05) is 22.9 Å². The summed E-state index contributed by atoms with van der Waals surface area (Å²) >= 11 is 0. The summed E-state index contributed by atoms with van der Waals surface area (Å²) in [5, 5.41) is 0. The van der Waals surface area contributed by atoms with Crippen molar-refractivity contribution >= 4 is 48.0 Å². The molecule has 1 aliphatic carbocycles. The predicted molar refractivity (Wildman–Crippen MR) is 180 cm³/mol. The second-order valence-corrected chi connectivity index (χ2v) is 10.8. The second-order valence-electron chi connectivity index (χ2n) is 10.8. The number of benzene rings is 5. The van der Waals surface area contributed by atoms with Crippen LogP contribution in [0.5, 0.6) is 0 Å². The van der Waals surface area contributed by atoms with E-state index in [1.54, 1.807) is 0 Å². The molecule has 1 aliphatic heterocycles. The smallest absolute Gasteiger partial charge is 0.113 e. The van der Waals surface area contributed by atoms with Crippen LogP contribution in [-0.4, -0.2) is 13.9 Å². The van der Waals surface area contributed by atoms with Gasteiger partial charge in [0.2, 0.25) is 0 Å². The Bertz CT molecular complexity index is 1770. The van der Waals surface area contributed by atoms with Gasteiger partial charge in [-0.1, -0.05) is 151 Å². The lowest BCUT2D eigenvalue weighted by Crippen LogP contribution is -2.40. The third kappa shape index (κ3) is 5.08. The van der Waals surface area contributed by atoms with Gasteiger partial charge in [0.05, 0.1) is 6.04 Å². The average Bonchev–Trinajstić information content (AvgIpc) is 3.06. The van der Waals surface area contributed by atoms with Gasteiger partial charge in [-0.2, -0.15) is 0 Å². The van der Waals surface area contributed by atoms with Crippen LogP contribution < -0.4 is 10.4 Å². The number of hydrogen-bond acceptors (Lipinski definition) is 1. The molecule has 5 aromatic carbocycles. The molecule has 2 heteroatoms. The van der Waals surface area contributed by atoms with Gasteiger partial charge in [0.1, 0.15) is 7.85 Å². The molecule has 0 amide bonds. The molecule has 0 aromatic heterocycles. The van der Waals surface area contributed by atoms with Crippen LogP contribution in [0, 0.1) is 5.92 Å². The van der Waals surface area contributed by atoms with E-state index in [1.165, 1.54) is 44.8 Å². The molecular formula is C40H30BN. The van der Waals surface area contributed by atoms with E-state index < -0.39 is 0 Å². The maximum Gasteiger partial charge on any atom is 0.113 e. The molecule has 2 aliphatic rings. The van der Waals surface area contributed by atoms with Crippen LogP contribution in [0.15, 0.2) is 158 Å². The third-order valence-electron chi connectivity index (χ3n) is 8.15. The summed E-state index contributed by atoms with van der Waals surface area (Å²) < 4.78 is 0. The highest BCUT2D eigenvalue weighted by Crippen LogP contribution is 2.47. The maximum absolute atomic E-state index is 5.97. The first-order valence-electron chi connectivity index (χ1n) is 14.5. The Morgan fingerprint density at radius 2 is 1.19 bits per heavy atom. The van der Waals surface area contributed by atoms with Crippen molar-refractivity contribution in [1.29, 1.82) is 0 Å². The van der Waals surface area contributed by atoms with Crippen molar-refractivity contribution in [2.75, 3.05) is 4.90 Å². The van der Waals surface area contributed by atoms with Crippen molar-refractivity contribution in [2.45, 2.75) is 6.04 Å². The molecule has 0 bridgehead atoms. The van der Waals surface area contributed by atoms with E-state index in [4.69, 9.17) is 7.85 Å². The van der Waals surface area contributed by atoms with Gasteiger partial charge in [-0.25, -0.2) is 0 Å². The summed E-state index contributed by atoms with van der Waals surface area (Å²) in [4.78, 5) is 2.49. The standard InChI is InChI=1S/C40H30BN/c41-33-23-19-29(20-24-33)28-38-35-15-7-9-17-39(35)42(40-18-10-8-16-36(38)40)34-25-21-30(22-26-34)27-37(31-11-3-1-4-12-31)32-13-5-2-6-14-32/h1-28,35,39H/b38-28+. The molecule has 42 heavy (non-hydrogen) atoms. The average molecular weight is 535 g/mol. The van der Waals surface area contributed by atoms with Gasteiger partial charge in [-0.15, -0.1) is 0 Å². The first-order valence-corrected chi connectivity index (χ1v) is 14.5. The van der Waals surface area contributed by atoms with Crippen LogP contribution >= 0.6 is 0 Å². The van der Waals surface area contributed by atoms with Crippen molar-refractivity contribution in [3.8, 4) is 0 Å².